The van der Waals surface area contributed by atoms with Gasteiger partial charge in [0.25, 0.3) is 0 Å². The van der Waals surface area contributed by atoms with Gasteiger partial charge in [-0.2, -0.15) is 21.6 Å². The molecule has 0 aliphatic carbocycles. The Kier molecular flexibility index (Phi) is 11.8. The summed E-state index contributed by atoms with van der Waals surface area (Å²) in [4.78, 5) is 0. The van der Waals surface area contributed by atoms with Gasteiger partial charge in [0.15, 0.2) is 0 Å². The Balaban J connectivity index is 0. The zero-order valence-corrected chi connectivity index (χ0v) is 11.8. The largest absolute Gasteiger partial charge is 0.522 e. The summed E-state index contributed by atoms with van der Waals surface area (Å²) in [7, 11) is -5.84. The summed E-state index contributed by atoms with van der Waals surface area (Å²) in [5.41, 5.74) is -5.53. The fourth-order valence-corrected chi connectivity index (χ4v) is 1.21. The fraction of sp³-hybridized carbons (Fsp3) is 1.00. The van der Waals surface area contributed by atoms with E-state index in [1.165, 1.54) is 51.4 Å². The summed E-state index contributed by atoms with van der Waals surface area (Å²) in [5.74, 6) is 0. The summed E-state index contributed by atoms with van der Waals surface area (Å²) < 4.78 is 57.5. The van der Waals surface area contributed by atoms with Gasteiger partial charge in [-0.15, -0.1) is 0 Å². The van der Waals surface area contributed by atoms with Gasteiger partial charge in [-0.1, -0.05) is 65.2 Å². The van der Waals surface area contributed by atoms with Crippen molar-refractivity contribution >= 4 is 10.1 Å². The van der Waals surface area contributed by atoms with E-state index in [0.29, 0.717) is 0 Å². The van der Waals surface area contributed by atoms with Gasteiger partial charge in [0.2, 0.25) is 0 Å². The van der Waals surface area contributed by atoms with Gasteiger partial charge in [0.05, 0.1) is 0 Å². The molecule has 0 bridgehead atoms. The average Bonchev–Trinajstić information content (AvgIpc) is 2.21. The van der Waals surface area contributed by atoms with Crippen molar-refractivity contribution in [2.24, 2.45) is 0 Å². The van der Waals surface area contributed by atoms with E-state index < -0.39 is 15.6 Å². The molecule has 0 fully saturated rings. The minimum absolute atomic E-state index is 1.37. The first-order valence-corrected chi connectivity index (χ1v) is 7.64. The quantitative estimate of drug-likeness (QED) is 0.426. The maximum Gasteiger partial charge on any atom is 0.522 e. The van der Waals surface area contributed by atoms with Gasteiger partial charge in [-0.05, 0) is 0 Å². The summed E-state index contributed by atoms with van der Waals surface area (Å²) in [6.45, 7) is 4.54. The van der Waals surface area contributed by atoms with E-state index in [1.54, 1.807) is 0 Å². The second-order valence-corrected chi connectivity index (χ2v) is 5.46. The van der Waals surface area contributed by atoms with Crippen molar-refractivity contribution in [2.45, 2.75) is 70.7 Å². The Hall–Kier alpha value is -0.300. The SMILES string of the molecule is CCCCCCCCCC.O=S(=O)(O)C(F)(F)F. The lowest BCUT2D eigenvalue weighted by Crippen LogP contribution is -2.21. The second-order valence-electron chi connectivity index (χ2n) is 4.04. The molecule has 0 spiro atoms. The standard InChI is InChI=1S/C10H22.CHF3O3S/c1-3-5-7-9-10-8-6-4-2;2-1(3,4)8(5,6)7/h3-10H2,1-2H3;(H,5,6,7). The van der Waals surface area contributed by atoms with Crippen LogP contribution in [0.5, 0.6) is 0 Å². The minimum Gasteiger partial charge on any atom is -0.279 e. The van der Waals surface area contributed by atoms with E-state index in [4.69, 9.17) is 13.0 Å². The molecule has 0 aliphatic rings. The maximum atomic E-state index is 10.7. The third kappa shape index (κ3) is 13.8. The van der Waals surface area contributed by atoms with Gasteiger partial charge >= 0.3 is 15.6 Å². The molecule has 0 saturated carbocycles. The van der Waals surface area contributed by atoms with Gasteiger partial charge in [-0.25, -0.2) is 0 Å². The molecule has 0 radical (unpaired) electrons. The van der Waals surface area contributed by atoms with Crippen LogP contribution in [0.15, 0.2) is 0 Å². The van der Waals surface area contributed by atoms with E-state index >= 15 is 0 Å². The van der Waals surface area contributed by atoms with Crippen molar-refractivity contribution in [3.63, 3.8) is 0 Å². The Labute approximate surface area is 108 Å². The smallest absolute Gasteiger partial charge is 0.279 e. The molecule has 0 unspecified atom stereocenters. The Morgan fingerprint density at radius 2 is 1.06 bits per heavy atom. The summed E-state index contributed by atoms with van der Waals surface area (Å²) in [5, 5.41) is 0. The van der Waals surface area contributed by atoms with Crippen LogP contribution in [0, 0.1) is 0 Å². The van der Waals surface area contributed by atoms with Crippen molar-refractivity contribution < 1.29 is 26.1 Å². The first-order valence-electron chi connectivity index (χ1n) is 6.20. The molecule has 18 heavy (non-hydrogen) atoms. The van der Waals surface area contributed by atoms with Gasteiger partial charge in [0, 0.05) is 0 Å². The van der Waals surface area contributed by atoms with E-state index in [0.717, 1.165) is 0 Å². The average molecular weight is 292 g/mol. The van der Waals surface area contributed by atoms with E-state index in [2.05, 4.69) is 13.8 Å². The van der Waals surface area contributed by atoms with Crippen molar-refractivity contribution in [1.29, 1.82) is 0 Å². The minimum atomic E-state index is -5.84. The summed E-state index contributed by atoms with van der Waals surface area (Å²) in [6.07, 6.45) is 11.5. The highest BCUT2D eigenvalue weighted by molar-refractivity contribution is 7.86. The Bertz CT molecular complexity index is 266. The topological polar surface area (TPSA) is 54.4 Å². The van der Waals surface area contributed by atoms with Crippen molar-refractivity contribution in [2.75, 3.05) is 0 Å². The fourth-order valence-electron chi connectivity index (χ4n) is 1.21. The molecule has 7 heteroatoms. The van der Waals surface area contributed by atoms with Crippen LogP contribution in [0.3, 0.4) is 0 Å². The van der Waals surface area contributed by atoms with E-state index in [-0.39, 0.29) is 0 Å². The molecule has 0 atom stereocenters. The number of hydrogen-bond donors (Lipinski definition) is 1. The lowest BCUT2D eigenvalue weighted by molar-refractivity contribution is -0.0510. The van der Waals surface area contributed by atoms with Crippen LogP contribution >= 0.6 is 0 Å². The second kappa shape index (κ2) is 10.6. The number of rotatable bonds is 7. The zero-order chi connectivity index (χ0) is 14.7. The molecular weight excluding hydrogens is 269 g/mol. The van der Waals surface area contributed by atoms with Gasteiger partial charge < -0.3 is 0 Å². The lowest BCUT2D eigenvalue weighted by Gasteiger charge is -1.97. The number of alkyl halides is 3. The molecule has 0 saturated heterocycles. The highest BCUT2D eigenvalue weighted by Gasteiger charge is 2.44. The van der Waals surface area contributed by atoms with E-state index in [1.807, 2.05) is 0 Å². The molecule has 0 aliphatic heterocycles. The zero-order valence-electron chi connectivity index (χ0n) is 11.0. The highest BCUT2D eigenvalue weighted by atomic mass is 32.2. The Morgan fingerprint density at radius 1 is 0.833 bits per heavy atom. The molecular formula is C11H23F3O3S. The predicted octanol–water partition coefficient (Wildman–Crippen LogP) is 4.54. The first kappa shape index (κ1) is 20.0. The molecule has 0 aromatic heterocycles. The van der Waals surface area contributed by atoms with E-state index in [9.17, 15) is 13.2 Å². The molecule has 0 aromatic rings. The molecule has 0 rings (SSSR count). The normalized spacial score (nSPS) is 11.9. The number of unbranched alkanes of at least 4 members (excludes halogenated alkanes) is 7. The van der Waals surface area contributed by atoms with Crippen LogP contribution < -0.4 is 0 Å². The van der Waals surface area contributed by atoms with Gasteiger partial charge in [0.1, 0.15) is 0 Å². The lowest BCUT2D eigenvalue weighted by atomic mass is 10.1. The molecule has 3 nitrogen and oxygen atoms in total. The molecule has 0 heterocycles. The van der Waals surface area contributed by atoms with Crippen LogP contribution in [-0.2, 0) is 10.1 Å². The van der Waals surface area contributed by atoms with Crippen molar-refractivity contribution in [3.8, 4) is 0 Å². The van der Waals surface area contributed by atoms with Crippen LogP contribution in [0.25, 0.3) is 0 Å². The molecule has 1 N–H and O–H groups in total. The van der Waals surface area contributed by atoms with Crippen LogP contribution in [0.1, 0.15) is 65.2 Å². The van der Waals surface area contributed by atoms with Crippen LogP contribution in [0.4, 0.5) is 13.2 Å². The monoisotopic (exact) mass is 292 g/mol. The molecule has 112 valence electrons. The third-order valence-electron chi connectivity index (χ3n) is 2.25. The maximum absolute atomic E-state index is 10.7. The predicted molar refractivity (Wildman–Crippen MR) is 65.9 cm³/mol. The van der Waals surface area contributed by atoms with Crippen molar-refractivity contribution in [1.82, 2.24) is 0 Å². The van der Waals surface area contributed by atoms with Gasteiger partial charge in [-0.3, -0.25) is 4.55 Å². The molecule has 0 amide bonds. The highest BCUT2D eigenvalue weighted by Crippen LogP contribution is 2.20. The number of hydrogen-bond acceptors (Lipinski definition) is 2. The summed E-state index contributed by atoms with van der Waals surface area (Å²) >= 11 is 0. The van der Waals surface area contributed by atoms with Crippen molar-refractivity contribution in [3.05, 3.63) is 0 Å². The van der Waals surface area contributed by atoms with Crippen LogP contribution in [-0.4, -0.2) is 18.5 Å². The third-order valence-corrected chi connectivity index (χ3v) is 2.83. The Morgan fingerprint density at radius 3 is 1.22 bits per heavy atom. The first-order chi connectivity index (χ1) is 8.16. The molecule has 0 aromatic carbocycles. The number of halogens is 3. The summed E-state index contributed by atoms with van der Waals surface area (Å²) in [6, 6.07) is 0. The van der Waals surface area contributed by atoms with Crippen LogP contribution in [0.2, 0.25) is 0 Å².